The van der Waals surface area contributed by atoms with Gasteiger partial charge in [-0.1, -0.05) is 38.1 Å². The highest BCUT2D eigenvalue weighted by molar-refractivity contribution is 5.90. The van der Waals surface area contributed by atoms with Crippen LogP contribution in [0.1, 0.15) is 79.0 Å². The summed E-state index contributed by atoms with van der Waals surface area (Å²) in [6.45, 7) is 15.1. The van der Waals surface area contributed by atoms with Crippen molar-refractivity contribution in [2.75, 3.05) is 13.1 Å². The van der Waals surface area contributed by atoms with Crippen LogP contribution in [0, 0.1) is 0 Å². The summed E-state index contributed by atoms with van der Waals surface area (Å²) in [4.78, 5) is 39.8. The van der Waals surface area contributed by atoms with Crippen LogP contribution in [-0.2, 0) is 20.7 Å². The van der Waals surface area contributed by atoms with E-state index < -0.39 is 23.3 Å². The highest BCUT2D eigenvalue weighted by Gasteiger charge is 2.33. The Morgan fingerprint density at radius 3 is 2.03 bits per heavy atom. The van der Waals surface area contributed by atoms with Crippen LogP contribution in [0.15, 0.2) is 24.3 Å². The molecule has 0 aliphatic carbocycles. The van der Waals surface area contributed by atoms with Crippen molar-refractivity contribution in [2.45, 2.75) is 85.4 Å². The molecule has 0 fully saturated rings. The quantitative estimate of drug-likeness (QED) is 0.649. The minimum atomic E-state index is -0.794. The van der Waals surface area contributed by atoms with Gasteiger partial charge >= 0.3 is 6.09 Å². The molecule has 0 saturated heterocycles. The molecule has 0 bridgehead atoms. The fourth-order valence-electron chi connectivity index (χ4n) is 3.05. The minimum absolute atomic E-state index is 0.249. The maximum Gasteiger partial charge on any atom is 0.408 e. The fraction of sp³-hybridized carbons (Fsp3) is 0.625. The zero-order chi connectivity index (χ0) is 23.8. The second-order valence-electron chi connectivity index (χ2n) is 9.68. The first-order chi connectivity index (χ1) is 14.3. The molecule has 1 atom stereocenters. The number of aryl methyl sites for hydroxylation is 1. The smallest absolute Gasteiger partial charge is 0.408 e. The maximum atomic E-state index is 13.2. The van der Waals surface area contributed by atoms with Crippen LogP contribution in [0.4, 0.5) is 4.79 Å². The number of ether oxygens (including phenoxy) is 1. The number of nitrogens with one attached hydrogen (secondary N) is 2. The summed E-state index contributed by atoms with van der Waals surface area (Å²) in [5.41, 5.74) is 0.776. The molecular formula is C24H39N3O4. The van der Waals surface area contributed by atoms with Gasteiger partial charge in [0.25, 0.3) is 0 Å². The van der Waals surface area contributed by atoms with E-state index in [1.54, 1.807) is 20.8 Å². The predicted molar refractivity (Wildman–Crippen MR) is 123 cm³/mol. The van der Waals surface area contributed by atoms with Crippen LogP contribution in [0.25, 0.3) is 0 Å². The molecule has 0 aromatic heterocycles. The summed E-state index contributed by atoms with van der Waals surface area (Å²) in [7, 11) is 0. The van der Waals surface area contributed by atoms with Gasteiger partial charge in [0.2, 0.25) is 11.8 Å². The molecule has 7 heteroatoms. The average Bonchev–Trinajstić information content (AvgIpc) is 2.63. The molecule has 0 heterocycles. The SMILES string of the molecule is CCCN(C(=O)CNC(=O)OC(C)(C)C)C(C(=O)NC(C)(C)C)c1ccc(CC)cc1. The number of amides is 3. The van der Waals surface area contributed by atoms with Crippen molar-refractivity contribution in [3.8, 4) is 0 Å². The van der Waals surface area contributed by atoms with E-state index in [0.717, 1.165) is 17.5 Å². The first kappa shape index (κ1) is 26.5. The Hall–Kier alpha value is -2.57. The Kier molecular flexibility index (Phi) is 9.53. The molecule has 174 valence electrons. The molecule has 1 aromatic rings. The Morgan fingerprint density at radius 2 is 1.58 bits per heavy atom. The Balaban J connectivity index is 3.17. The van der Waals surface area contributed by atoms with E-state index >= 15 is 0 Å². The van der Waals surface area contributed by atoms with E-state index in [1.807, 2.05) is 52.0 Å². The molecule has 1 aromatic carbocycles. The number of hydrogen-bond donors (Lipinski definition) is 2. The molecule has 7 nitrogen and oxygen atoms in total. The van der Waals surface area contributed by atoms with Crippen LogP contribution in [0.3, 0.4) is 0 Å². The van der Waals surface area contributed by atoms with Crippen LogP contribution in [0.2, 0.25) is 0 Å². The number of carbonyl (C=O) groups is 3. The van der Waals surface area contributed by atoms with Crippen LogP contribution < -0.4 is 10.6 Å². The van der Waals surface area contributed by atoms with Crippen LogP contribution in [0.5, 0.6) is 0 Å². The van der Waals surface area contributed by atoms with E-state index in [0.29, 0.717) is 13.0 Å². The summed E-state index contributed by atoms with van der Waals surface area (Å²) in [6.07, 6.45) is 0.890. The largest absolute Gasteiger partial charge is 0.444 e. The summed E-state index contributed by atoms with van der Waals surface area (Å²) in [6, 6.07) is 6.94. The van der Waals surface area contributed by atoms with Gasteiger partial charge in [-0.3, -0.25) is 9.59 Å². The first-order valence-corrected chi connectivity index (χ1v) is 10.9. The second kappa shape index (κ2) is 11.2. The monoisotopic (exact) mass is 433 g/mol. The lowest BCUT2D eigenvalue weighted by atomic mass is 9.99. The highest BCUT2D eigenvalue weighted by atomic mass is 16.6. The Labute approximate surface area is 186 Å². The highest BCUT2D eigenvalue weighted by Crippen LogP contribution is 2.24. The summed E-state index contributed by atoms with van der Waals surface area (Å²) < 4.78 is 5.21. The Morgan fingerprint density at radius 1 is 1.00 bits per heavy atom. The second-order valence-corrected chi connectivity index (χ2v) is 9.68. The van der Waals surface area contributed by atoms with Crippen LogP contribution >= 0.6 is 0 Å². The molecule has 0 spiro atoms. The third-order valence-electron chi connectivity index (χ3n) is 4.33. The molecule has 3 amide bonds. The lowest BCUT2D eigenvalue weighted by molar-refractivity contribution is -0.141. The molecule has 0 aliphatic heterocycles. The standard InChI is InChI=1S/C24H39N3O4/c1-9-15-27(19(28)16-25-22(30)31-24(6,7)8)20(21(29)26-23(3,4)5)18-13-11-17(10-2)12-14-18/h11-14,20H,9-10,15-16H2,1-8H3,(H,25,30)(H,26,29). The average molecular weight is 434 g/mol. The zero-order valence-corrected chi connectivity index (χ0v) is 20.3. The van der Waals surface area contributed by atoms with Crippen molar-refractivity contribution < 1.29 is 19.1 Å². The topological polar surface area (TPSA) is 87.7 Å². The fourth-order valence-corrected chi connectivity index (χ4v) is 3.05. The molecule has 1 rings (SSSR count). The van der Waals surface area contributed by atoms with E-state index in [2.05, 4.69) is 17.6 Å². The Bertz CT molecular complexity index is 746. The molecule has 1 unspecified atom stereocenters. The lowest BCUT2D eigenvalue weighted by Crippen LogP contribution is -2.51. The molecule has 0 saturated carbocycles. The number of benzene rings is 1. The maximum absolute atomic E-state index is 13.2. The zero-order valence-electron chi connectivity index (χ0n) is 20.3. The lowest BCUT2D eigenvalue weighted by Gasteiger charge is -2.33. The number of rotatable bonds is 8. The third kappa shape index (κ3) is 9.40. The summed E-state index contributed by atoms with van der Waals surface area (Å²) in [5, 5.41) is 5.50. The van der Waals surface area contributed by atoms with Crippen molar-refractivity contribution >= 4 is 17.9 Å². The van der Waals surface area contributed by atoms with E-state index in [1.165, 1.54) is 4.90 Å². The van der Waals surface area contributed by atoms with Crippen molar-refractivity contribution in [3.63, 3.8) is 0 Å². The molecule has 0 aliphatic rings. The van der Waals surface area contributed by atoms with Crippen molar-refractivity contribution in [2.24, 2.45) is 0 Å². The number of nitrogens with zero attached hydrogens (tertiary/aromatic N) is 1. The number of hydrogen-bond acceptors (Lipinski definition) is 4. The van der Waals surface area contributed by atoms with Gasteiger partial charge < -0.3 is 20.3 Å². The first-order valence-electron chi connectivity index (χ1n) is 10.9. The minimum Gasteiger partial charge on any atom is -0.444 e. The molecule has 31 heavy (non-hydrogen) atoms. The van der Waals surface area contributed by atoms with Gasteiger partial charge in [-0.05, 0) is 65.5 Å². The summed E-state index contributed by atoms with van der Waals surface area (Å²) in [5.74, 6) is -0.600. The van der Waals surface area contributed by atoms with Gasteiger partial charge in [0.1, 0.15) is 18.2 Å². The summed E-state index contributed by atoms with van der Waals surface area (Å²) >= 11 is 0. The van der Waals surface area contributed by atoms with E-state index in [-0.39, 0.29) is 18.4 Å². The van der Waals surface area contributed by atoms with E-state index in [9.17, 15) is 14.4 Å². The van der Waals surface area contributed by atoms with Gasteiger partial charge in [0.15, 0.2) is 0 Å². The van der Waals surface area contributed by atoms with Gasteiger partial charge in [0.05, 0.1) is 0 Å². The predicted octanol–water partition coefficient (Wildman–Crippen LogP) is 3.97. The third-order valence-corrected chi connectivity index (χ3v) is 4.33. The van der Waals surface area contributed by atoms with E-state index in [4.69, 9.17) is 4.74 Å². The molecular weight excluding hydrogens is 394 g/mol. The number of alkyl carbamates (subject to hydrolysis) is 1. The van der Waals surface area contributed by atoms with Crippen molar-refractivity contribution in [3.05, 3.63) is 35.4 Å². The van der Waals surface area contributed by atoms with Gasteiger partial charge in [-0.25, -0.2) is 4.79 Å². The molecule has 2 N–H and O–H groups in total. The van der Waals surface area contributed by atoms with Crippen LogP contribution in [-0.4, -0.2) is 47.0 Å². The van der Waals surface area contributed by atoms with Gasteiger partial charge in [0, 0.05) is 12.1 Å². The number of carbonyl (C=O) groups excluding carboxylic acids is 3. The van der Waals surface area contributed by atoms with Crippen molar-refractivity contribution in [1.29, 1.82) is 0 Å². The van der Waals surface area contributed by atoms with Gasteiger partial charge in [-0.2, -0.15) is 0 Å². The van der Waals surface area contributed by atoms with Crippen molar-refractivity contribution in [1.82, 2.24) is 15.5 Å². The normalized spacial score (nSPS) is 12.6. The van der Waals surface area contributed by atoms with Gasteiger partial charge in [-0.15, -0.1) is 0 Å². The molecule has 0 radical (unpaired) electrons.